The van der Waals surface area contributed by atoms with Crippen molar-refractivity contribution in [2.75, 3.05) is 17.4 Å². The van der Waals surface area contributed by atoms with Crippen molar-refractivity contribution in [1.82, 2.24) is 10.2 Å². The van der Waals surface area contributed by atoms with Crippen molar-refractivity contribution in [2.24, 2.45) is 0 Å². The summed E-state index contributed by atoms with van der Waals surface area (Å²) in [6.07, 6.45) is 1.77. The van der Waals surface area contributed by atoms with E-state index in [1.807, 2.05) is 49.4 Å². The highest BCUT2D eigenvalue weighted by Gasteiger charge is 2.32. The second-order valence-corrected chi connectivity index (χ2v) is 11.8. The van der Waals surface area contributed by atoms with Gasteiger partial charge in [-0.15, -0.1) is 0 Å². The molecule has 0 bridgehead atoms. The maximum absolute atomic E-state index is 13.9. The molecular weight excluding hydrogens is 510 g/mol. The molecule has 3 aromatic carbocycles. The van der Waals surface area contributed by atoms with Crippen molar-refractivity contribution in [3.63, 3.8) is 0 Å². The van der Waals surface area contributed by atoms with E-state index >= 15 is 0 Å². The Morgan fingerprint density at radius 1 is 0.846 bits per heavy atom. The maximum Gasteiger partial charge on any atom is 0.264 e. The van der Waals surface area contributed by atoms with Crippen molar-refractivity contribution in [3.05, 3.63) is 96.1 Å². The summed E-state index contributed by atoms with van der Waals surface area (Å²) in [5.74, 6) is -0.468. The van der Waals surface area contributed by atoms with Crippen molar-refractivity contribution < 1.29 is 18.0 Å². The van der Waals surface area contributed by atoms with Crippen molar-refractivity contribution in [3.8, 4) is 0 Å². The highest BCUT2D eigenvalue weighted by atomic mass is 32.2. The molecule has 3 aromatic rings. The van der Waals surface area contributed by atoms with Crippen molar-refractivity contribution >= 4 is 27.5 Å². The molecule has 0 aromatic heterocycles. The molecule has 0 aliphatic heterocycles. The first-order valence-corrected chi connectivity index (χ1v) is 14.9. The molecule has 1 N–H and O–H groups in total. The summed E-state index contributed by atoms with van der Waals surface area (Å²) in [6, 6.07) is 23.9. The van der Waals surface area contributed by atoms with Gasteiger partial charge in [-0.1, -0.05) is 87.9 Å². The second kappa shape index (κ2) is 13.9. The predicted octanol–water partition coefficient (Wildman–Crippen LogP) is 5.34. The maximum atomic E-state index is 13.9. The number of benzene rings is 3. The fourth-order valence-corrected chi connectivity index (χ4v) is 5.61. The van der Waals surface area contributed by atoms with E-state index in [0.717, 1.165) is 28.3 Å². The predicted molar refractivity (Wildman–Crippen MR) is 156 cm³/mol. The van der Waals surface area contributed by atoms with Gasteiger partial charge in [0.25, 0.3) is 10.0 Å². The minimum atomic E-state index is -4.07. The Morgan fingerprint density at radius 2 is 1.44 bits per heavy atom. The molecule has 208 valence electrons. The molecule has 0 fully saturated rings. The van der Waals surface area contributed by atoms with E-state index < -0.39 is 28.5 Å². The largest absolute Gasteiger partial charge is 0.354 e. The van der Waals surface area contributed by atoms with Gasteiger partial charge < -0.3 is 10.2 Å². The van der Waals surface area contributed by atoms with Gasteiger partial charge in [-0.25, -0.2) is 8.42 Å². The highest BCUT2D eigenvalue weighted by Crippen LogP contribution is 2.26. The third kappa shape index (κ3) is 7.93. The summed E-state index contributed by atoms with van der Waals surface area (Å²) in [5, 5.41) is 2.90. The van der Waals surface area contributed by atoms with E-state index in [4.69, 9.17) is 0 Å². The summed E-state index contributed by atoms with van der Waals surface area (Å²) in [5.41, 5.74) is 2.29. The van der Waals surface area contributed by atoms with E-state index in [1.54, 1.807) is 37.3 Å². The summed E-state index contributed by atoms with van der Waals surface area (Å²) in [4.78, 5) is 28.4. The number of carbonyl (C=O) groups excluding carboxylic acids is 2. The molecule has 2 amide bonds. The molecule has 0 saturated carbocycles. The van der Waals surface area contributed by atoms with Gasteiger partial charge in [0, 0.05) is 13.1 Å². The Hall–Kier alpha value is -3.65. The number of hydrogen-bond acceptors (Lipinski definition) is 4. The molecule has 8 heteroatoms. The number of sulfonamides is 1. The lowest BCUT2D eigenvalue weighted by molar-refractivity contribution is -0.139. The Labute approximate surface area is 232 Å². The van der Waals surface area contributed by atoms with Gasteiger partial charge in [-0.2, -0.15) is 0 Å². The van der Waals surface area contributed by atoms with E-state index in [1.165, 1.54) is 17.0 Å². The van der Waals surface area contributed by atoms with Crippen LogP contribution in [0.15, 0.2) is 89.8 Å². The van der Waals surface area contributed by atoms with Crippen LogP contribution in [0.4, 0.5) is 5.69 Å². The smallest absolute Gasteiger partial charge is 0.264 e. The molecule has 39 heavy (non-hydrogen) atoms. The first-order chi connectivity index (χ1) is 18.6. The van der Waals surface area contributed by atoms with Crippen LogP contribution in [-0.4, -0.2) is 44.3 Å². The molecule has 0 aliphatic carbocycles. The van der Waals surface area contributed by atoms with Gasteiger partial charge in [-0.05, 0) is 54.7 Å². The van der Waals surface area contributed by atoms with Crippen LogP contribution in [0, 0.1) is 0 Å². The molecule has 0 heterocycles. The first-order valence-electron chi connectivity index (χ1n) is 13.4. The number of unbranched alkanes of at least 4 members (excludes halogenated alkanes) is 1. The molecule has 0 unspecified atom stereocenters. The Bertz CT molecular complexity index is 1310. The average molecular weight is 550 g/mol. The summed E-state index contributed by atoms with van der Waals surface area (Å²) < 4.78 is 28.8. The van der Waals surface area contributed by atoms with Crippen LogP contribution in [0.1, 0.15) is 57.6 Å². The zero-order chi connectivity index (χ0) is 28.4. The van der Waals surface area contributed by atoms with Gasteiger partial charge in [-0.3, -0.25) is 13.9 Å². The van der Waals surface area contributed by atoms with Gasteiger partial charge >= 0.3 is 0 Å². The zero-order valence-corrected chi connectivity index (χ0v) is 24.0. The number of hydrogen-bond donors (Lipinski definition) is 1. The molecule has 7 nitrogen and oxygen atoms in total. The molecular formula is C31H39N3O4S. The lowest BCUT2D eigenvalue weighted by Crippen LogP contribution is -2.51. The quantitative estimate of drug-likeness (QED) is 0.292. The zero-order valence-electron chi connectivity index (χ0n) is 23.2. The summed E-state index contributed by atoms with van der Waals surface area (Å²) in [7, 11) is -4.07. The van der Waals surface area contributed by atoms with Crippen LogP contribution in [0.2, 0.25) is 0 Å². The molecule has 0 saturated heterocycles. The minimum Gasteiger partial charge on any atom is -0.354 e. The SMILES string of the molecule is CCCCNC(=O)[C@H](C)N(Cc1ccccc1)C(=O)CN(c1ccc(C(C)C)cc1)S(=O)(=O)c1ccccc1. The minimum absolute atomic E-state index is 0.0886. The molecule has 0 radical (unpaired) electrons. The Balaban J connectivity index is 1.98. The van der Waals surface area contributed by atoms with Crippen molar-refractivity contribution in [2.45, 2.75) is 63.9 Å². The lowest BCUT2D eigenvalue weighted by atomic mass is 10.0. The topological polar surface area (TPSA) is 86.8 Å². The van der Waals surface area contributed by atoms with Crippen LogP contribution in [-0.2, 0) is 26.2 Å². The third-order valence-electron chi connectivity index (χ3n) is 6.65. The second-order valence-electron chi connectivity index (χ2n) is 9.90. The van der Waals surface area contributed by atoms with Crippen molar-refractivity contribution in [1.29, 1.82) is 0 Å². The lowest BCUT2D eigenvalue weighted by Gasteiger charge is -2.32. The number of anilines is 1. The van der Waals surface area contributed by atoms with E-state index in [2.05, 4.69) is 19.2 Å². The Morgan fingerprint density at radius 3 is 2.00 bits per heavy atom. The van der Waals surface area contributed by atoms with Gasteiger partial charge in [0.2, 0.25) is 11.8 Å². The van der Waals surface area contributed by atoms with Gasteiger partial charge in [0.15, 0.2) is 0 Å². The molecule has 1 atom stereocenters. The standard InChI is InChI=1S/C31H39N3O4S/c1-5-6-21-32-31(36)25(4)33(22-26-13-9-7-10-14-26)30(35)23-34(28-19-17-27(18-20-28)24(2)3)39(37,38)29-15-11-8-12-16-29/h7-20,24-25H,5-6,21-23H2,1-4H3,(H,32,36)/t25-/m0/s1. The monoisotopic (exact) mass is 549 g/mol. The van der Waals surface area contributed by atoms with Crippen LogP contribution < -0.4 is 9.62 Å². The molecule has 0 spiro atoms. The van der Waals surface area contributed by atoms with Crippen LogP contribution in [0.25, 0.3) is 0 Å². The summed E-state index contributed by atoms with van der Waals surface area (Å²) in [6.45, 7) is 8.08. The summed E-state index contributed by atoms with van der Waals surface area (Å²) >= 11 is 0. The number of nitrogens with one attached hydrogen (secondary N) is 1. The number of nitrogens with zero attached hydrogens (tertiary/aromatic N) is 2. The fraction of sp³-hybridized carbons (Fsp3) is 0.355. The first kappa shape index (κ1) is 29.9. The number of amides is 2. The average Bonchev–Trinajstić information content (AvgIpc) is 2.95. The molecule has 3 rings (SSSR count). The van der Waals surface area contributed by atoms with Crippen LogP contribution in [0.3, 0.4) is 0 Å². The number of carbonyl (C=O) groups is 2. The van der Waals surface area contributed by atoms with Crippen LogP contribution in [0.5, 0.6) is 0 Å². The van der Waals surface area contributed by atoms with E-state index in [0.29, 0.717) is 12.2 Å². The van der Waals surface area contributed by atoms with Gasteiger partial charge in [0.1, 0.15) is 12.6 Å². The number of rotatable bonds is 13. The normalized spacial score (nSPS) is 12.1. The van der Waals surface area contributed by atoms with Crippen LogP contribution >= 0.6 is 0 Å². The highest BCUT2D eigenvalue weighted by molar-refractivity contribution is 7.92. The Kier molecular flexibility index (Phi) is 10.7. The third-order valence-corrected chi connectivity index (χ3v) is 8.44. The fourth-order valence-electron chi connectivity index (χ4n) is 4.17. The van der Waals surface area contributed by atoms with E-state index in [9.17, 15) is 18.0 Å². The van der Waals surface area contributed by atoms with Gasteiger partial charge in [0.05, 0.1) is 10.6 Å². The molecule has 0 aliphatic rings. The van der Waals surface area contributed by atoms with E-state index in [-0.39, 0.29) is 23.3 Å².